The maximum atomic E-state index is 5.17. The van der Waals surface area contributed by atoms with Crippen molar-refractivity contribution >= 4 is 0 Å². The van der Waals surface area contributed by atoms with Gasteiger partial charge in [0, 0.05) is 12.6 Å². The molecule has 0 radical (unpaired) electrons. The molecule has 0 spiro atoms. The number of hydrogen-bond acceptors (Lipinski definition) is 2. The van der Waals surface area contributed by atoms with E-state index in [9.17, 15) is 0 Å². The summed E-state index contributed by atoms with van der Waals surface area (Å²) < 4.78 is 5.17. The normalized spacial score (nSPS) is 13.3. The fraction of sp³-hybridized carbons (Fsp3) is 0.647. The molecule has 0 heterocycles. The van der Waals surface area contributed by atoms with Crippen LogP contribution in [0.25, 0.3) is 0 Å². The number of methoxy groups -OCH3 is 1. The summed E-state index contributed by atoms with van der Waals surface area (Å²) in [6.45, 7) is 10.2. The molecule has 0 amide bonds. The van der Waals surface area contributed by atoms with Gasteiger partial charge in [-0.05, 0) is 49.3 Å². The van der Waals surface area contributed by atoms with Crippen molar-refractivity contribution in [3.8, 4) is 5.75 Å². The molecule has 2 heteroatoms. The van der Waals surface area contributed by atoms with Crippen molar-refractivity contribution < 1.29 is 4.74 Å². The maximum Gasteiger partial charge on any atom is 0.118 e. The summed E-state index contributed by atoms with van der Waals surface area (Å²) in [7, 11) is 1.70. The highest BCUT2D eigenvalue weighted by atomic mass is 16.5. The third-order valence-corrected chi connectivity index (χ3v) is 3.91. The predicted molar refractivity (Wildman–Crippen MR) is 82.9 cm³/mol. The molecule has 0 bridgehead atoms. The Morgan fingerprint density at radius 3 is 2.37 bits per heavy atom. The summed E-state index contributed by atoms with van der Waals surface area (Å²) in [5, 5.41) is 3.64. The molecule has 0 aliphatic carbocycles. The number of nitrogens with one attached hydrogen (secondary N) is 1. The second-order valence-electron chi connectivity index (χ2n) is 6.19. The van der Waals surface area contributed by atoms with Crippen molar-refractivity contribution in [2.45, 2.75) is 53.0 Å². The van der Waals surface area contributed by atoms with Crippen LogP contribution in [0.5, 0.6) is 5.75 Å². The lowest BCUT2D eigenvalue weighted by molar-refractivity contribution is 0.308. The van der Waals surface area contributed by atoms with Crippen LogP contribution in [-0.2, 0) is 6.42 Å². The van der Waals surface area contributed by atoms with Gasteiger partial charge in [-0.1, -0.05) is 32.9 Å². The van der Waals surface area contributed by atoms with E-state index in [4.69, 9.17) is 4.74 Å². The molecule has 19 heavy (non-hydrogen) atoms. The van der Waals surface area contributed by atoms with Gasteiger partial charge in [-0.2, -0.15) is 0 Å². The van der Waals surface area contributed by atoms with Crippen LogP contribution in [-0.4, -0.2) is 19.7 Å². The minimum absolute atomic E-state index is 0.397. The molecular weight excluding hydrogens is 234 g/mol. The lowest BCUT2D eigenvalue weighted by Crippen LogP contribution is -2.35. The van der Waals surface area contributed by atoms with Crippen LogP contribution in [0.3, 0.4) is 0 Å². The van der Waals surface area contributed by atoms with E-state index >= 15 is 0 Å². The second-order valence-corrected chi connectivity index (χ2v) is 6.19. The fourth-order valence-electron chi connectivity index (χ4n) is 1.85. The molecule has 0 aliphatic heterocycles. The Morgan fingerprint density at radius 1 is 1.21 bits per heavy atom. The summed E-state index contributed by atoms with van der Waals surface area (Å²) in [5.41, 5.74) is 1.78. The third kappa shape index (κ3) is 6.11. The summed E-state index contributed by atoms with van der Waals surface area (Å²) in [6, 6.07) is 8.94. The first-order valence-corrected chi connectivity index (χ1v) is 7.33. The van der Waals surface area contributed by atoms with Crippen LogP contribution in [0.15, 0.2) is 24.3 Å². The van der Waals surface area contributed by atoms with Gasteiger partial charge in [-0.15, -0.1) is 0 Å². The molecule has 108 valence electrons. The monoisotopic (exact) mass is 263 g/mol. The summed E-state index contributed by atoms with van der Waals surface area (Å²) >= 11 is 0. The Kier molecular flexibility index (Phi) is 6.36. The maximum absolute atomic E-state index is 5.17. The van der Waals surface area contributed by atoms with Gasteiger partial charge in [0.15, 0.2) is 0 Å². The zero-order valence-corrected chi connectivity index (χ0v) is 13.1. The van der Waals surface area contributed by atoms with E-state index in [0.29, 0.717) is 11.5 Å². The Balaban J connectivity index is 2.31. The van der Waals surface area contributed by atoms with Gasteiger partial charge in [0.2, 0.25) is 0 Å². The Morgan fingerprint density at radius 2 is 1.84 bits per heavy atom. The minimum atomic E-state index is 0.397. The number of ether oxygens (including phenoxy) is 1. The molecule has 1 N–H and O–H groups in total. The van der Waals surface area contributed by atoms with Gasteiger partial charge in [-0.25, -0.2) is 0 Å². The van der Waals surface area contributed by atoms with Crippen LogP contribution in [0.4, 0.5) is 0 Å². The first kappa shape index (κ1) is 16.0. The second kappa shape index (κ2) is 7.54. The average Bonchev–Trinajstić information content (AvgIpc) is 2.43. The van der Waals surface area contributed by atoms with Gasteiger partial charge in [0.25, 0.3) is 0 Å². The van der Waals surface area contributed by atoms with E-state index in [1.165, 1.54) is 18.4 Å². The first-order valence-electron chi connectivity index (χ1n) is 7.33. The van der Waals surface area contributed by atoms with Crippen LogP contribution in [0, 0.1) is 5.41 Å². The number of benzene rings is 1. The van der Waals surface area contributed by atoms with Crippen molar-refractivity contribution in [2.24, 2.45) is 5.41 Å². The van der Waals surface area contributed by atoms with E-state index < -0.39 is 0 Å². The Labute approximate surface area is 118 Å². The van der Waals surface area contributed by atoms with Crippen LogP contribution in [0.1, 0.15) is 46.1 Å². The largest absolute Gasteiger partial charge is 0.497 e. The molecule has 1 unspecified atom stereocenters. The van der Waals surface area contributed by atoms with Gasteiger partial charge in [0.05, 0.1) is 7.11 Å². The number of aryl methyl sites for hydroxylation is 1. The molecule has 0 fully saturated rings. The molecule has 0 aliphatic rings. The molecule has 0 saturated carbocycles. The first-order chi connectivity index (χ1) is 8.96. The molecule has 1 aromatic carbocycles. The van der Waals surface area contributed by atoms with Crippen molar-refractivity contribution in [1.82, 2.24) is 5.32 Å². The molecule has 0 saturated heterocycles. The lowest BCUT2D eigenvalue weighted by atomic mass is 9.90. The van der Waals surface area contributed by atoms with Gasteiger partial charge in [-0.3, -0.25) is 0 Å². The quantitative estimate of drug-likeness (QED) is 0.764. The summed E-state index contributed by atoms with van der Waals surface area (Å²) in [6.07, 6.45) is 3.50. The van der Waals surface area contributed by atoms with Crippen LogP contribution < -0.4 is 10.1 Å². The highest BCUT2D eigenvalue weighted by Crippen LogP contribution is 2.18. The Hall–Kier alpha value is -1.02. The molecule has 1 rings (SSSR count). The predicted octanol–water partition coefficient (Wildman–Crippen LogP) is 4.04. The molecule has 2 nitrogen and oxygen atoms in total. The SMILES string of the molecule is CCC(C)(C)CNC(C)CCc1ccc(OC)cc1. The van der Waals surface area contributed by atoms with Gasteiger partial charge in [0.1, 0.15) is 5.75 Å². The van der Waals surface area contributed by atoms with E-state index in [2.05, 4.69) is 45.1 Å². The highest BCUT2D eigenvalue weighted by Gasteiger charge is 2.15. The van der Waals surface area contributed by atoms with E-state index in [1.807, 2.05) is 12.1 Å². The molecule has 0 aromatic heterocycles. The molecule has 1 atom stereocenters. The Bertz CT molecular complexity index is 356. The van der Waals surface area contributed by atoms with Gasteiger partial charge >= 0.3 is 0 Å². The van der Waals surface area contributed by atoms with E-state index in [-0.39, 0.29) is 0 Å². The summed E-state index contributed by atoms with van der Waals surface area (Å²) in [5.74, 6) is 0.930. The average molecular weight is 263 g/mol. The zero-order valence-electron chi connectivity index (χ0n) is 13.1. The number of rotatable bonds is 8. The minimum Gasteiger partial charge on any atom is -0.497 e. The highest BCUT2D eigenvalue weighted by molar-refractivity contribution is 5.27. The molecular formula is C17H29NO. The van der Waals surface area contributed by atoms with Gasteiger partial charge < -0.3 is 10.1 Å². The smallest absolute Gasteiger partial charge is 0.118 e. The van der Waals surface area contributed by atoms with Crippen molar-refractivity contribution in [2.75, 3.05) is 13.7 Å². The fourth-order valence-corrected chi connectivity index (χ4v) is 1.85. The van der Waals surface area contributed by atoms with Crippen molar-refractivity contribution in [3.63, 3.8) is 0 Å². The summed E-state index contributed by atoms with van der Waals surface area (Å²) in [4.78, 5) is 0. The lowest BCUT2D eigenvalue weighted by Gasteiger charge is -2.25. The topological polar surface area (TPSA) is 21.3 Å². The third-order valence-electron chi connectivity index (χ3n) is 3.91. The standard InChI is InChI=1S/C17H29NO/c1-6-17(3,4)13-18-14(2)7-8-15-9-11-16(19-5)12-10-15/h9-12,14,18H,6-8,13H2,1-5H3. The van der Waals surface area contributed by atoms with Crippen LogP contribution >= 0.6 is 0 Å². The van der Waals surface area contributed by atoms with E-state index in [1.54, 1.807) is 7.11 Å². The van der Waals surface area contributed by atoms with Crippen molar-refractivity contribution in [1.29, 1.82) is 0 Å². The van der Waals surface area contributed by atoms with Crippen LogP contribution in [0.2, 0.25) is 0 Å². The molecule has 1 aromatic rings. The number of hydrogen-bond donors (Lipinski definition) is 1. The zero-order chi connectivity index (χ0) is 14.3. The van der Waals surface area contributed by atoms with Crippen molar-refractivity contribution in [3.05, 3.63) is 29.8 Å². The van der Waals surface area contributed by atoms with E-state index in [0.717, 1.165) is 18.7 Å².